The molecule has 2 aromatic carbocycles. The molecule has 0 unspecified atom stereocenters. The molecule has 0 radical (unpaired) electrons. The summed E-state index contributed by atoms with van der Waals surface area (Å²) >= 11 is 0. The molecule has 4 N–H and O–H groups in total. The Labute approximate surface area is 183 Å². The molecule has 0 fully saturated rings. The Hall–Kier alpha value is -3.10. The molecule has 0 aromatic heterocycles. The van der Waals surface area contributed by atoms with Crippen LogP contribution < -0.4 is 21.7 Å². The van der Waals surface area contributed by atoms with Gasteiger partial charge in [0.05, 0.1) is 11.4 Å². The predicted molar refractivity (Wildman–Crippen MR) is 121 cm³/mol. The van der Waals surface area contributed by atoms with E-state index in [1.165, 1.54) is 0 Å². The maximum atomic E-state index is 12.2. The van der Waals surface area contributed by atoms with Gasteiger partial charge < -0.3 is 9.47 Å². The van der Waals surface area contributed by atoms with Crippen LogP contribution in [0.1, 0.15) is 52.7 Å². The van der Waals surface area contributed by atoms with Crippen LogP contribution in [0.3, 0.4) is 0 Å². The first-order chi connectivity index (χ1) is 14.2. The number of hydrogen-bond acceptors (Lipinski definition) is 6. The van der Waals surface area contributed by atoms with Crippen LogP contribution in [0.2, 0.25) is 0 Å². The van der Waals surface area contributed by atoms with E-state index in [-0.39, 0.29) is 0 Å². The van der Waals surface area contributed by atoms with Crippen LogP contribution in [0.4, 0.5) is 21.0 Å². The fourth-order valence-corrected chi connectivity index (χ4v) is 2.70. The van der Waals surface area contributed by atoms with Gasteiger partial charge in [0.15, 0.2) is 0 Å². The number of hydrogen-bond donors (Lipinski definition) is 2. The highest BCUT2D eigenvalue weighted by Gasteiger charge is 2.22. The molecule has 0 aliphatic rings. The van der Waals surface area contributed by atoms with Crippen molar-refractivity contribution in [1.29, 1.82) is 0 Å². The summed E-state index contributed by atoms with van der Waals surface area (Å²) in [6.45, 7) is 10.7. The van der Waals surface area contributed by atoms with Crippen molar-refractivity contribution >= 4 is 23.6 Å². The summed E-state index contributed by atoms with van der Waals surface area (Å²) in [4.78, 5) is 24.5. The van der Waals surface area contributed by atoms with Gasteiger partial charge in [0, 0.05) is 0 Å². The van der Waals surface area contributed by atoms with E-state index in [1.54, 1.807) is 53.7 Å². The van der Waals surface area contributed by atoms with Gasteiger partial charge in [-0.25, -0.2) is 31.3 Å². The highest BCUT2D eigenvalue weighted by Crippen LogP contribution is 2.22. The largest absolute Gasteiger partial charge is 0.442 e. The van der Waals surface area contributed by atoms with Crippen molar-refractivity contribution in [2.45, 2.75) is 59.2 Å². The van der Waals surface area contributed by atoms with E-state index in [9.17, 15) is 9.59 Å². The molecule has 8 nitrogen and oxygen atoms in total. The lowest BCUT2D eigenvalue weighted by atomic mass is 10.0. The zero-order chi connectivity index (χ0) is 23.4. The van der Waals surface area contributed by atoms with Crippen molar-refractivity contribution in [3.05, 3.63) is 59.7 Å². The summed E-state index contributed by atoms with van der Waals surface area (Å²) in [5.41, 5.74) is 1.59. The molecule has 31 heavy (non-hydrogen) atoms. The van der Waals surface area contributed by atoms with Gasteiger partial charge in [-0.05, 0) is 83.4 Å². The molecular weight excluding hydrogens is 396 g/mol. The number of rotatable bonds is 4. The highest BCUT2D eigenvalue weighted by molar-refractivity contribution is 5.87. The van der Waals surface area contributed by atoms with Crippen LogP contribution in [0.25, 0.3) is 0 Å². The third kappa shape index (κ3) is 7.58. The molecule has 0 atom stereocenters. The first-order valence-corrected chi connectivity index (χ1v) is 9.99. The molecule has 8 heteroatoms. The molecule has 0 aliphatic carbocycles. The number of ether oxygens (including phenoxy) is 2. The molecule has 2 aromatic rings. The third-order valence-electron chi connectivity index (χ3n) is 3.97. The molecule has 168 valence electrons. The topological polar surface area (TPSA) is 111 Å². The fourth-order valence-electron chi connectivity index (χ4n) is 2.70. The summed E-state index contributed by atoms with van der Waals surface area (Å²) in [6.07, 6.45) is -0.725. The normalized spacial score (nSPS) is 11.6. The monoisotopic (exact) mass is 428 g/mol. The van der Waals surface area contributed by atoms with Crippen molar-refractivity contribution in [3.63, 3.8) is 0 Å². The first kappa shape index (κ1) is 24.2. The Morgan fingerprint density at radius 2 is 1.10 bits per heavy atom. The van der Waals surface area contributed by atoms with Gasteiger partial charge in [0.25, 0.3) is 0 Å². The predicted octanol–water partition coefficient (Wildman–Crippen LogP) is 4.51. The van der Waals surface area contributed by atoms with Crippen molar-refractivity contribution in [3.8, 4) is 0 Å². The molecule has 0 spiro atoms. The Morgan fingerprint density at radius 1 is 0.742 bits per heavy atom. The van der Waals surface area contributed by atoms with Crippen LogP contribution in [-0.2, 0) is 15.9 Å². The summed E-state index contributed by atoms with van der Waals surface area (Å²) in [5, 5.41) is 1.96. The number of benzene rings is 2. The SMILES string of the molecule is CC(C)(C)OC(=O)N(N)c1cccc(Cc2cccc(N(N)C(=O)OC(C)(C)C)c2)c1. The second-order valence-electron chi connectivity index (χ2n) is 9.22. The van der Waals surface area contributed by atoms with Crippen LogP contribution in [0.15, 0.2) is 48.5 Å². The maximum Gasteiger partial charge on any atom is 0.429 e. The average molecular weight is 429 g/mol. The van der Waals surface area contributed by atoms with Gasteiger partial charge in [-0.15, -0.1) is 0 Å². The quantitative estimate of drug-likeness (QED) is 0.421. The van der Waals surface area contributed by atoms with Gasteiger partial charge in [-0.2, -0.15) is 0 Å². The zero-order valence-corrected chi connectivity index (χ0v) is 19.0. The molecular formula is C23H32N4O4. The maximum absolute atomic E-state index is 12.2. The van der Waals surface area contributed by atoms with E-state index in [4.69, 9.17) is 21.2 Å². The van der Waals surface area contributed by atoms with E-state index in [2.05, 4.69) is 0 Å². The fraction of sp³-hybridized carbons (Fsp3) is 0.391. The van der Waals surface area contributed by atoms with Crippen molar-refractivity contribution in [1.82, 2.24) is 0 Å². The second kappa shape index (κ2) is 9.36. The number of nitrogens with zero attached hydrogens (tertiary/aromatic N) is 2. The smallest absolute Gasteiger partial charge is 0.429 e. The van der Waals surface area contributed by atoms with Gasteiger partial charge in [0.1, 0.15) is 11.2 Å². The highest BCUT2D eigenvalue weighted by atomic mass is 16.6. The molecule has 0 heterocycles. The first-order valence-electron chi connectivity index (χ1n) is 9.99. The van der Waals surface area contributed by atoms with Crippen molar-refractivity contribution in [2.75, 3.05) is 10.0 Å². The van der Waals surface area contributed by atoms with Crippen LogP contribution in [-0.4, -0.2) is 23.4 Å². The van der Waals surface area contributed by atoms with E-state index in [0.717, 1.165) is 21.1 Å². The number of carbonyl (C=O) groups is 2. The standard InChI is InChI=1S/C23H32N4O4/c1-22(2,3)30-20(28)26(24)18-11-7-9-16(14-18)13-17-10-8-12-19(15-17)27(25)21(29)31-23(4,5)6/h7-12,14-15H,13,24-25H2,1-6H3. The van der Waals surface area contributed by atoms with Gasteiger partial charge in [0.2, 0.25) is 0 Å². The zero-order valence-electron chi connectivity index (χ0n) is 19.0. The van der Waals surface area contributed by atoms with Crippen LogP contribution in [0, 0.1) is 0 Å². The lowest BCUT2D eigenvalue weighted by Crippen LogP contribution is -2.41. The van der Waals surface area contributed by atoms with E-state index in [0.29, 0.717) is 17.8 Å². The number of nitrogens with two attached hydrogens (primary N) is 2. The lowest BCUT2D eigenvalue weighted by molar-refractivity contribution is 0.0569. The van der Waals surface area contributed by atoms with Crippen LogP contribution in [0.5, 0.6) is 0 Å². The molecule has 0 bridgehead atoms. The minimum absolute atomic E-state index is 0.511. The Bertz CT molecular complexity index is 856. The van der Waals surface area contributed by atoms with Crippen LogP contribution >= 0.6 is 0 Å². The summed E-state index contributed by atoms with van der Waals surface area (Å²) in [7, 11) is 0. The number of anilines is 2. The molecule has 0 aliphatic heterocycles. The van der Waals surface area contributed by atoms with Crippen molar-refractivity contribution < 1.29 is 19.1 Å². The molecule has 0 saturated heterocycles. The summed E-state index contributed by atoms with van der Waals surface area (Å²) in [5.74, 6) is 11.9. The lowest BCUT2D eigenvalue weighted by Gasteiger charge is -2.24. The Morgan fingerprint density at radius 3 is 1.42 bits per heavy atom. The van der Waals surface area contributed by atoms with E-state index < -0.39 is 23.4 Å². The third-order valence-corrected chi connectivity index (χ3v) is 3.97. The van der Waals surface area contributed by atoms with E-state index >= 15 is 0 Å². The minimum atomic E-state index is -0.644. The van der Waals surface area contributed by atoms with Gasteiger partial charge >= 0.3 is 12.2 Å². The Balaban J connectivity index is 2.15. The molecule has 0 saturated carbocycles. The van der Waals surface area contributed by atoms with Gasteiger partial charge in [-0.3, -0.25) is 0 Å². The molecule has 2 rings (SSSR count). The van der Waals surface area contributed by atoms with Gasteiger partial charge in [-0.1, -0.05) is 24.3 Å². The Kier molecular flexibility index (Phi) is 7.30. The minimum Gasteiger partial charge on any atom is -0.442 e. The number of carbonyl (C=O) groups excluding carboxylic acids is 2. The van der Waals surface area contributed by atoms with Crippen molar-refractivity contribution in [2.24, 2.45) is 11.7 Å². The number of amides is 2. The second-order valence-corrected chi connectivity index (χ2v) is 9.22. The summed E-state index contributed by atoms with van der Waals surface area (Å²) in [6, 6.07) is 14.6. The average Bonchev–Trinajstić information content (AvgIpc) is 2.64. The summed E-state index contributed by atoms with van der Waals surface area (Å²) < 4.78 is 10.6. The van der Waals surface area contributed by atoms with E-state index in [1.807, 2.05) is 36.4 Å². The number of hydrazine groups is 2. The molecule has 2 amide bonds.